The van der Waals surface area contributed by atoms with Crippen molar-refractivity contribution < 1.29 is 14.3 Å². The minimum absolute atomic E-state index is 0.439. The van der Waals surface area contributed by atoms with Crippen molar-refractivity contribution in [1.29, 1.82) is 0 Å². The fourth-order valence-corrected chi connectivity index (χ4v) is 1.95. The number of carbonyl (C=O) groups is 1. The molecular formula is C18H20O3. The molecule has 0 spiro atoms. The molecular weight excluding hydrogens is 264 g/mol. The van der Waals surface area contributed by atoms with Crippen LogP contribution in [0.25, 0.3) is 0 Å². The third-order valence-corrected chi connectivity index (χ3v) is 3.16. The summed E-state index contributed by atoms with van der Waals surface area (Å²) in [6.07, 6.45) is 0.805. The van der Waals surface area contributed by atoms with E-state index in [2.05, 4.69) is 26.0 Å². The van der Waals surface area contributed by atoms with Gasteiger partial charge in [-0.2, -0.15) is 0 Å². The van der Waals surface area contributed by atoms with Gasteiger partial charge in [-0.25, -0.2) is 0 Å². The number of hydrogen-bond acceptors (Lipinski definition) is 3. The monoisotopic (exact) mass is 284 g/mol. The van der Waals surface area contributed by atoms with E-state index in [4.69, 9.17) is 9.47 Å². The Hall–Kier alpha value is -2.29. The molecule has 0 saturated heterocycles. The molecule has 0 aliphatic carbocycles. The van der Waals surface area contributed by atoms with Crippen LogP contribution in [0.1, 0.15) is 35.7 Å². The molecule has 0 aromatic heterocycles. The molecule has 0 aliphatic rings. The van der Waals surface area contributed by atoms with E-state index in [0.717, 1.165) is 12.0 Å². The zero-order chi connectivity index (χ0) is 15.1. The molecule has 0 N–H and O–H groups in total. The third-order valence-electron chi connectivity index (χ3n) is 3.16. The lowest BCUT2D eigenvalue weighted by Crippen LogP contribution is -2.09. The van der Waals surface area contributed by atoms with E-state index < -0.39 is 0 Å². The quantitative estimate of drug-likeness (QED) is 0.567. The van der Waals surface area contributed by atoms with E-state index in [1.54, 1.807) is 18.2 Å². The topological polar surface area (TPSA) is 35.5 Å². The Bertz CT molecular complexity index is 573. The van der Waals surface area contributed by atoms with Gasteiger partial charge >= 0.3 is 0 Å². The van der Waals surface area contributed by atoms with Gasteiger partial charge in [0.15, 0.2) is 0 Å². The maximum absolute atomic E-state index is 10.7. The Morgan fingerprint density at radius 3 is 2.24 bits per heavy atom. The lowest BCUT2D eigenvalue weighted by atomic mass is 10.0. The van der Waals surface area contributed by atoms with Crippen LogP contribution in [0.2, 0.25) is 0 Å². The van der Waals surface area contributed by atoms with E-state index in [1.165, 1.54) is 5.56 Å². The van der Waals surface area contributed by atoms with Crippen molar-refractivity contribution in [2.45, 2.75) is 19.8 Å². The number of ether oxygens (including phenoxy) is 2. The highest BCUT2D eigenvalue weighted by Gasteiger charge is 2.00. The highest BCUT2D eigenvalue weighted by atomic mass is 16.5. The van der Waals surface area contributed by atoms with Crippen LogP contribution >= 0.6 is 0 Å². The molecule has 3 heteroatoms. The first kappa shape index (κ1) is 15.1. The van der Waals surface area contributed by atoms with Crippen LogP contribution in [0.3, 0.4) is 0 Å². The molecule has 2 aromatic rings. The van der Waals surface area contributed by atoms with Crippen LogP contribution < -0.4 is 9.47 Å². The third kappa shape index (κ3) is 4.63. The van der Waals surface area contributed by atoms with Gasteiger partial charge in [-0.15, -0.1) is 0 Å². The molecule has 0 saturated carbocycles. The molecule has 0 unspecified atom stereocenters. The molecule has 3 nitrogen and oxygen atoms in total. The Kier molecular flexibility index (Phi) is 5.38. The Morgan fingerprint density at radius 2 is 1.62 bits per heavy atom. The molecule has 0 atom stereocenters. The molecule has 110 valence electrons. The summed E-state index contributed by atoms with van der Waals surface area (Å²) in [5.74, 6) is 2.04. The van der Waals surface area contributed by atoms with Gasteiger partial charge in [-0.1, -0.05) is 38.1 Å². The fraction of sp³-hybridized carbons (Fsp3) is 0.278. The van der Waals surface area contributed by atoms with Gasteiger partial charge in [-0.05, 0) is 35.7 Å². The van der Waals surface area contributed by atoms with Crippen molar-refractivity contribution in [3.8, 4) is 11.5 Å². The summed E-state index contributed by atoms with van der Waals surface area (Å²) in [5.41, 5.74) is 1.90. The van der Waals surface area contributed by atoms with Crippen LogP contribution in [0.15, 0.2) is 48.5 Å². The summed E-state index contributed by atoms with van der Waals surface area (Å²) in [4.78, 5) is 10.7. The predicted molar refractivity (Wildman–Crippen MR) is 83.4 cm³/mol. The highest BCUT2D eigenvalue weighted by Crippen LogP contribution is 2.18. The van der Waals surface area contributed by atoms with Gasteiger partial charge in [0.25, 0.3) is 0 Å². The first-order chi connectivity index (χ1) is 10.2. The largest absolute Gasteiger partial charge is 0.490 e. The molecule has 0 amide bonds. The van der Waals surface area contributed by atoms with Gasteiger partial charge < -0.3 is 9.47 Å². The average molecular weight is 284 g/mol. The average Bonchev–Trinajstić information content (AvgIpc) is 2.52. The van der Waals surface area contributed by atoms with Gasteiger partial charge in [0.2, 0.25) is 0 Å². The number of benzene rings is 2. The SMILES string of the molecule is CC(C)c1ccc(OCCOc2cccc(C=O)c2)cc1. The molecule has 0 radical (unpaired) electrons. The summed E-state index contributed by atoms with van der Waals surface area (Å²) >= 11 is 0. The van der Waals surface area contributed by atoms with Crippen molar-refractivity contribution in [3.05, 3.63) is 59.7 Å². The molecule has 0 heterocycles. The number of hydrogen-bond donors (Lipinski definition) is 0. The maximum atomic E-state index is 10.7. The summed E-state index contributed by atoms with van der Waals surface area (Å²) < 4.78 is 11.2. The molecule has 0 fully saturated rings. The maximum Gasteiger partial charge on any atom is 0.150 e. The lowest BCUT2D eigenvalue weighted by Gasteiger charge is -2.10. The summed E-state index contributed by atoms with van der Waals surface area (Å²) in [6, 6.07) is 15.2. The zero-order valence-corrected chi connectivity index (χ0v) is 12.4. The smallest absolute Gasteiger partial charge is 0.150 e. The number of aldehydes is 1. The van der Waals surface area contributed by atoms with E-state index in [9.17, 15) is 4.79 Å². The van der Waals surface area contributed by atoms with Crippen molar-refractivity contribution in [1.82, 2.24) is 0 Å². The normalized spacial score (nSPS) is 10.4. The van der Waals surface area contributed by atoms with Gasteiger partial charge in [0.05, 0.1) is 0 Å². The lowest BCUT2D eigenvalue weighted by molar-refractivity contribution is 0.112. The minimum atomic E-state index is 0.439. The minimum Gasteiger partial charge on any atom is -0.490 e. The first-order valence-corrected chi connectivity index (χ1v) is 7.10. The summed E-state index contributed by atoms with van der Waals surface area (Å²) in [5, 5.41) is 0. The highest BCUT2D eigenvalue weighted by molar-refractivity contribution is 5.75. The first-order valence-electron chi connectivity index (χ1n) is 7.10. The molecule has 2 aromatic carbocycles. The van der Waals surface area contributed by atoms with E-state index in [-0.39, 0.29) is 0 Å². The van der Waals surface area contributed by atoms with Crippen molar-refractivity contribution in [2.75, 3.05) is 13.2 Å². The van der Waals surface area contributed by atoms with E-state index in [1.807, 2.05) is 18.2 Å². The summed E-state index contributed by atoms with van der Waals surface area (Å²) in [7, 11) is 0. The molecule has 0 aliphatic heterocycles. The Labute approximate surface area is 125 Å². The van der Waals surface area contributed by atoms with Crippen molar-refractivity contribution in [3.63, 3.8) is 0 Å². The second-order valence-corrected chi connectivity index (χ2v) is 5.11. The molecule has 2 rings (SSSR count). The Balaban J connectivity index is 1.77. The van der Waals surface area contributed by atoms with Crippen molar-refractivity contribution in [2.24, 2.45) is 0 Å². The van der Waals surface area contributed by atoms with E-state index >= 15 is 0 Å². The second kappa shape index (κ2) is 7.48. The molecule has 21 heavy (non-hydrogen) atoms. The van der Waals surface area contributed by atoms with Crippen LogP contribution in [0.4, 0.5) is 0 Å². The number of rotatable bonds is 7. The number of carbonyl (C=O) groups excluding carboxylic acids is 1. The molecule has 0 bridgehead atoms. The van der Waals surface area contributed by atoms with Gasteiger partial charge in [0.1, 0.15) is 31.0 Å². The Morgan fingerprint density at radius 1 is 0.952 bits per heavy atom. The van der Waals surface area contributed by atoms with Crippen LogP contribution in [-0.4, -0.2) is 19.5 Å². The van der Waals surface area contributed by atoms with Gasteiger partial charge in [-0.3, -0.25) is 4.79 Å². The van der Waals surface area contributed by atoms with Crippen LogP contribution in [0.5, 0.6) is 11.5 Å². The predicted octanol–water partition coefficient (Wildman–Crippen LogP) is 4.08. The van der Waals surface area contributed by atoms with Gasteiger partial charge in [0, 0.05) is 5.56 Å². The zero-order valence-electron chi connectivity index (χ0n) is 12.4. The van der Waals surface area contributed by atoms with Crippen LogP contribution in [-0.2, 0) is 0 Å². The second-order valence-electron chi connectivity index (χ2n) is 5.11. The van der Waals surface area contributed by atoms with E-state index in [0.29, 0.717) is 30.4 Å². The summed E-state index contributed by atoms with van der Waals surface area (Å²) in [6.45, 7) is 5.23. The standard InChI is InChI=1S/C18H20O3/c1-14(2)16-6-8-17(9-7-16)20-10-11-21-18-5-3-4-15(12-18)13-19/h3-9,12-14H,10-11H2,1-2H3. The van der Waals surface area contributed by atoms with Crippen LogP contribution in [0, 0.1) is 0 Å². The fourth-order valence-electron chi connectivity index (χ4n) is 1.95. The van der Waals surface area contributed by atoms with Crippen molar-refractivity contribution >= 4 is 6.29 Å².